The summed E-state index contributed by atoms with van der Waals surface area (Å²) in [6.45, 7) is 2.77. The van der Waals surface area contributed by atoms with Crippen LogP contribution >= 0.6 is 0 Å². The van der Waals surface area contributed by atoms with Crippen LogP contribution in [0.3, 0.4) is 0 Å². The van der Waals surface area contributed by atoms with E-state index in [0.29, 0.717) is 6.54 Å². The molecule has 0 aromatic heterocycles. The van der Waals surface area contributed by atoms with E-state index in [1.54, 1.807) is 0 Å². The third-order valence-corrected chi connectivity index (χ3v) is 3.86. The molecule has 6 nitrogen and oxygen atoms in total. The first-order valence-corrected chi connectivity index (χ1v) is 9.31. The molecule has 6 heteroatoms. The molecule has 0 saturated carbocycles. The van der Waals surface area contributed by atoms with E-state index in [1.165, 1.54) is 51.4 Å². The average molecular weight is 342 g/mol. The molecule has 0 aliphatic carbocycles. The molecule has 24 heavy (non-hydrogen) atoms. The Balaban J connectivity index is 3.31. The van der Waals surface area contributed by atoms with E-state index < -0.39 is 11.9 Å². The van der Waals surface area contributed by atoms with Crippen molar-refractivity contribution >= 4 is 17.8 Å². The summed E-state index contributed by atoms with van der Waals surface area (Å²) in [7, 11) is 0. The first-order chi connectivity index (χ1) is 11.6. The van der Waals surface area contributed by atoms with Crippen molar-refractivity contribution in [3.63, 3.8) is 0 Å². The molecule has 0 aliphatic rings. The highest BCUT2D eigenvalue weighted by Gasteiger charge is 2.07. The number of rotatable bonds is 16. The summed E-state index contributed by atoms with van der Waals surface area (Å²) in [4.78, 5) is 33.1. The fourth-order valence-corrected chi connectivity index (χ4v) is 2.39. The monoisotopic (exact) mass is 342 g/mol. The largest absolute Gasteiger partial charge is 0.481 e. The lowest BCUT2D eigenvalue weighted by Crippen LogP contribution is -2.37. The van der Waals surface area contributed by atoms with Gasteiger partial charge in [-0.05, 0) is 6.42 Å². The minimum Gasteiger partial charge on any atom is -0.481 e. The van der Waals surface area contributed by atoms with Crippen LogP contribution in [-0.2, 0) is 14.4 Å². The molecule has 0 aliphatic heterocycles. The average Bonchev–Trinajstić information content (AvgIpc) is 2.56. The molecule has 0 heterocycles. The minimum absolute atomic E-state index is 0.0871. The molecule has 0 atom stereocenters. The molecular formula is C18H34N2O4. The number of nitrogens with one attached hydrogen (secondary N) is 2. The summed E-state index contributed by atoms with van der Waals surface area (Å²) in [5, 5.41) is 13.6. The van der Waals surface area contributed by atoms with Gasteiger partial charge in [0.2, 0.25) is 11.8 Å². The van der Waals surface area contributed by atoms with E-state index in [9.17, 15) is 14.4 Å². The second-order valence-corrected chi connectivity index (χ2v) is 6.20. The van der Waals surface area contributed by atoms with Gasteiger partial charge in [0.15, 0.2) is 0 Å². The van der Waals surface area contributed by atoms with Crippen LogP contribution in [0, 0.1) is 0 Å². The van der Waals surface area contributed by atoms with E-state index in [4.69, 9.17) is 5.11 Å². The molecule has 140 valence electrons. The predicted octanol–water partition coefficient (Wildman–Crippen LogP) is 3.00. The molecular weight excluding hydrogens is 308 g/mol. The Kier molecular flexibility index (Phi) is 15.2. The summed E-state index contributed by atoms with van der Waals surface area (Å²) < 4.78 is 0. The van der Waals surface area contributed by atoms with Gasteiger partial charge in [-0.15, -0.1) is 0 Å². The standard InChI is InChI=1S/C18H34N2O4/c1-2-3-4-5-6-7-8-9-10-11-14-19-17(22)15-20-16(21)12-13-18(23)24/h2-15H2,1H3,(H,19,22)(H,20,21)(H,23,24). The van der Waals surface area contributed by atoms with E-state index in [-0.39, 0.29) is 25.3 Å². The zero-order chi connectivity index (χ0) is 18.0. The Morgan fingerprint density at radius 1 is 0.708 bits per heavy atom. The summed E-state index contributed by atoms with van der Waals surface area (Å²) in [5.74, 6) is -1.66. The van der Waals surface area contributed by atoms with Gasteiger partial charge in [-0.25, -0.2) is 0 Å². The molecule has 3 N–H and O–H groups in total. The van der Waals surface area contributed by atoms with Crippen molar-refractivity contribution in [2.24, 2.45) is 0 Å². The molecule has 0 bridgehead atoms. The first-order valence-electron chi connectivity index (χ1n) is 9.31. The number of carbonyl (C=O) groups is 3. The van der Waals surface area contributed by atoms with Crippen LogP contribution in [0.5, 0.6) is 0 Å². The maximum Gasteiger partial charge on any atom is 0.303 e. The number of unbranched alkanes of at least 4 members (excludes halogenated alkanes) is 9. The van der Waals surface area contributed by atoms with Crippen LogP contribution in [0.25, 0.3) is 0 Å². The third kappa shape index (κ3) is 16.8. The second kappa shape index (κ2) is 16.3. The van der Waals surface area contributed by atoms with Gasteiger partial charge in [-0.2, -0.15) is 0 Å². The molecule has 0 aromatic rings. The number of aliphatic carboxylic acids is 1. The van der Waals surface area contributed by atoms with Gasteiger partial charge < -0.3 is 15.7 Å². The lowest BCUT2D eigenvalue weighted by molar-refractivity contribution is -0.138. The Morgan fingerprint density at radius 2 is 1.25 bits per heavy atom. The number of carboxylic acid groups (broad SMARTS) is 1. The topological polar surface area (TPSA) is 95.5 Å². The maximum atomic E-state index is 11.5. The lowest BCUT2D eigenvalue weighted by Gasteiger charge is -2.06. The number of amides is 2. The van der Waals surface area contributed by atoms with E-state index in [1.807, 2.05) is 0 Å². The normalized spacial score (nSPS) is 10.4. The van der Waals surface area contributed by atoms with Crippen LogP contribution in [0.1, 0.15) is 84.0 Å². The SMILES string of the molecule is CCCCCCCCCCCCNC(=O)CNC(=O)CCC(=O)O. The molecule has 0 rings (SSSR count). The fourth-order valence-electron chi connectivity index (χ4n) is 2.39. The number of carbonyl (C=O) groups excluding carboxylic acids is 2. The zero-order valence-electron chi connectivity index (χ0n) is 15.1. The maximum absolute atomic E-state index is 11.5. The van der Waals surface area contributed by atoms with Gasteiger partial charge in [-0.1, -0.05) is 64.7 Å². The van der Waals surface area contributed by atoms with Gasteiger partial charge in [0.1, 0.15) is 0 Å². The predicted molar refractivity (Wildman–Crippen MR) is 94.7 cm³/mol. The molecule has 0 fully saturated rings. The Morgan fingerprint density at radius 3 is 1.79 bits per heavy atom. The highest BCUT2D eigenvalue weighted by atomic mass is 16.4. The first kappa shape index (κ1) is 22.4. The van der Waals surface area contributed by atoms with Gasteiger partial charge in [0.25, 0.3) is 0 Å². The Labute approximate surface area is 145 Å². The second-order valence-electron chi connectivity index (χ2n) is 6.20. The van der Waals surface area contributed by atoms with E-state index in [2.05, 4.69) is 17.6 Å². The van der Waals surface area contributed by atoms with Gasteiger partial charge in [-0.3, -0.25) is 14.4 Å². The zero-order valence-corrected chi connectivity index (χ0v) is 15.1. The van der Waals surface area contributed by atoms with Gasteiger partial charge in [0.05, 0.1) is 13.0 Å². The van der Waals surface area contributed by atoms with Crippen LogP contribution < -0.4 is 10.6 Å². The molecule has 0 aromatic carbocycles. The van der Waals surface area contributed by atoms with Crippen LogP contribution in [0.4, 0.5) is 0 Å². The summed E-state index contributed by atoms with van der Waals surface area (Å²) in [5.41, 5.74) is 0. The Hall–Kier alpha value is -1.59. The molecule has 0 radical (unpaired) electrons. The smallest absolute Gasteiger partial charge is 0.303 e. The summed E-state index contributed by atoms with van der Waals surface area (Å²) in [6.07, 6.45) is 12.2. The summed E-state index contributed by atoms with van der Waals surface area (Å²) in [6, 6.07) is 0. The molecule has 0 unspecified atom stereocenters. The van der Waals surface area contributed by atoms with Gasteiger partial charge in [0, 0.05) is 13.0 Å². The van der Waals surface area contributed by atoms with Crippen LogP contribution in [-0.4, -0.2) is 36.0 Å². The summed E-state index contributed by atoms with van der Waals surface area (Å²) >= 11 is 0. The number of hydrogen-bond donors (Lipinski definition) is 3. The lowest BCUT2D eigenvalue weighted by atomic mass is 10.1. The van der Waals surface area contributed by atoms with Crippen molar-refractivity contribution in [3.8, 4) is 0 Å². The van der Waals surface area contributed by atoms with Crippen molar-refractivity contribution in [1.82, 2.24) is 10.6 Å². The van der Waals surface area contributed by atoms with Gasteiger partial charge >= 0.3 is 5.97 Å². The molecule has 0 spiro atoms. The highest BCUT2D eigenvalue weighted by molar-refractivity contribution is 5.86. The van der Waals surface area contributed by atoms with E-state index >= 15 is 0 Å². The van der Waals surface area contributed by atoms with Crippen LogP contribution in [0.2, 0.25) is 0 Å². The van der Waals surface area contributed by atoms with Crippen molar-refractivity contribution in [2.75, 3.05) is 13.1 Å². The Bertz CT molecular complexity index is 359. The quantitative estimate of drug-likeness (QED) is 0.376. The number of carboxylic acids is 1. The van der Waals surface area contributed by atoms with Crippen molar-refractivity contribution in [1.29, 1.82) is 0 Å². The molecule has 0 saturated heterocycles. The van der Waals surface area contributed by atoms with Crippen molar-refractivity contribution in [3.05, 3.63) is 0 Å². The number of hydrogen-bond acceptors (Lipinski definition) is 3. The fraction of sp³-hybridized carbons (Fsp3) is 0.833. The van der Waals surface area contributed by atoms with Crippen LogP contribution in [0.15, 0.2) is 0 Å². The highest BCUT2D eigenvalue weighted by Crippen LogP contribution is 2.10. The molecule has 2 amide bonds. The third-order valence-electron chi connectivity index (χ3n) is 3.86. The van der Waals surface area contributed by atoms with E-state index in [0.717, 1.165) is 12.8 Å². The van der Waals surface area contributed by atoms with Crippen molar-refractivity contribution < 1.29 is 19.5 Å². The minimum atomic E-state index is -1.02. The van der Waals surface area contributed by atoms with Crippen molar-refractivity contribution in [2.45, 2.75) is 84.0 Å².